The first-order valence-corrected chi connectivity index (χ1v) is 11.7. The molecule has 2 aromatic rings. The highest BCUT2D eigenvalue weighted by molar-refractivity contribution is 5.62. The van der Waals surface area contributed by atoms with Crippen molar-refractivity contribution in [2.75, 3.05) is 0 Å². The minimum absolute atomic E-state index is 0.0905. The van der Waals surface area contributed by atoms with E-state index in [-0.39, 0.29) is 21.7 Å². The van der Waals surface area contributed by atoms with Gasteiger partial charge in [0, 0.05) is 0 Å². The van der Waals surface area contributed by atoms with Crippen molar-refractivity contribution in [1.29, 1.82) is 0 Å². The molecule has 0 saturated carbocycles. The topological polar surface area (TPSA) is 18.5 Å². The molecule has 0 fully saturated rings. The van der Waals surface area contributed by atoms with Crippen molar-refractivity contribution >= 4 is 0 Å². The molecule has 0 bridgehead atoms. The molecule has 0 radical (unpaired) electrons. The van der Waals surface area contributed by atoms with E-state index in [2.05, 4.69) is 106 Å². The van der Waals surface area contributed by atoms with Crippen LogP contribution in [0, 0.1) is 10.8 Å². The minimum atomic E-state index is -0.716. The average molecular weight is 421 g/mol. The van der Waals surface area contributed by atoms with Crippen LogP contribution < -0.4 is 9.47 Å². The molecule has 0 N–H and O–H groups in total. The van der Waals surface area contributed by atoms with Crippen LogP contribution in [0.15, 0.2) is 36.4 Å². The van der Waals surface area contributed by atoms with Gasteiger partial charge in [-0.2, -0.15) is 0 Å². The van der Waals surface area contributed by atoms with Crippen LogP contribution in [-0.2, 0) is 16.6 Å². The molecule has 4 rings (SSSR count). The van der Waals surface area contributed by atoms with E-state index in [0.717, 1.165) is 24.3 Å². The van der Waals surface area contributed by atoms with Gasteiger partial charge >= 0.3 is 5.79 Å². The predicted octanol–water partition coefficient (Wildman–Crippen LogP) is 8.10. The van der Waals surface area contributed by atoms with Gasteiger partial charge in [-0.3, -0.25) is 0 Å². The second kappa shape index (κ2) is 6.53. The molecule has 2 heteroatoms. The normalized spacial score (nSPS) is 17.1. The zero-order valence-electron chi connectivity index (χ0n) is 21.2. The maximum Gasteiger partial charge on any atom is 0.312 e. The number of rotatable bonds is 4. The zero-order valence-corrected chi connectivity index (χ0v) is 21.2. The van der Waals surface area contributed by atoms with Crippen molar-refractivity contribution in [2.24, 2.45) is 10.8 Å². The van der Waals surface area contributed by atoms with Gasteiger partial charge < -0.3 is 9.47 Å². The molecule has 2 aliphatic rings. The van der Waals surface area contributed by atoms with Gasteiger partial charge in [0.2, 0.25) is 0 Å². The molecule has 2 nitrogen and oxygen atoms in total. The zero-order chi connectivity index (χ0) is 23.0. The summed E-state index contributed by atoms with van der Waals surface area (Å²) in [7, 11) is 0. The Hall–Kier alpha value is -1.96. The second-order valence-electron chi connectivity index (χ2n) is 13.5. The lowest BCUT2D eigenvalue weighted by molar-refractivity contribution is -0.159. The Morgan fingerprint density at radius 1 is 0.581 bits per heavy atom. The van der Waals surface area contributed by atoms with Crippen LogP contribution in [-0.4, -0.2) is 0 Å². The molecule has 0 saturated heterocycles. The van der Waals surface area contributed by atoms with Crippen LogP contribution in [0.25, 0.3) is 0 Å². The van der Waals surface area contributed by atoms with Gasteiger partial charge in [-0.05, 0) is 69.9 Å². The molecule has 2 aromatic carbocycles. The summed E-state index contributed by atoms with van der Waals surface area (Å²) in [6, 6.07) is 13.3. The number of ether oxygens (including phenoxy) is 2. The molecule has 168 valence electrons. The molecule has 31 heavy (non-hydrogen) atoms. The number of fused-ring (bicyclic) bond motifs is 4. The second-order valence-corrected chi connectivity index (χ2v) is 13.5. The lowest BCUT2D eigenvalue weighted by Gasteiger charge is -2.51. The van der Waals surface area contributed by atoms with Gasteiger partial charge in [0.1, 0.15) is 11.5 Å². The predicted molar refractivity (Wildman–Crippen MR) is 129 cm³/mol. The third-order valence-electron chi connectivity index (χ3n) is 6.68. The van der Waals surface area contributed by atoms with Gasteiger partial charge in [0.15, 0.2) is 0 Å². The molecule has 0 aliphatic carbocycles. The SMILES string of the molecule is CC(C)(C)CC(C)(C)c1ccc2c(c1)C1(O2)Oc2ccc(C(C)(C)CC(C)(C)C)cc21. The van der Waals surface area contributed by atoms with Gasteiger partial charge in [-0.25, -0.2) is 0 Å². The van der Waals surface area contributed by atoms with E-state index in [1.807, 2.05) is 0 Å². The maximum atomic E-state index is 6.25. The summed E-state index contributed by atoms with van der Waals surface area (Å²) in [4.78, 5) is 0. The third kappa shape index (κ3) is 3.88. The van der Waals surface area contributed by atoms with E-state index in [9.17, 15) is 0 Å². The van der Waals surface area contributed by atoms with Crippen molar-refractivity contribution in [1.82, 2.24) is 0 Å². The van der Waals surface area contributed by atoms with E-state index in [4.69, 9.17) is 9.47 Å². The highest BCUT2D eigenvalue weighted by Gasteiger charge is 2.58. The molecule has 0 unspecified atom stereocenters. The van der Waals surface area contributed by atoms with Gasteiger partial charge in [-0.1, -0.05) is 81.4 Å². The highest BCUT2D eigenvalue weighted by atomic mass is 16.7. The Balaban J connectivity index is 1.68. The summed E-state index contributed by atoms with van der Waals surface area (Å²) in [5.41, 5.74) is 5.77. The third-order valence-corrected chi connectivity index (χ3v) is 6.68. The fourth-order valence-electron chi connectivity index (χ4n) is 6.05. The van der Waals surface area contributed by atoms with Crippen LogP contribution in [0.2, 0.25) is 0 Å². The fourth-order valence-corrected chi connectivity index (χ4v) is 6.05. The van der Waals surface area contributed by atoms with Gasteiger partial charge in [0.05, 0.1) is 11.1 Å². The van der Waals surface area contributed by atoms with Crippen LogP contribution in [0.1, 0.15) is 104 Å². The summed E-state index contributed by atoms with van der Waals surface area (Å²) < 4.78 is 12.5. The molecular formula is C29H40O2. The molecule has 0 aromatic heterocycles. The lowest BCUT2D eigenvalue weighted by atomic mass is 9.70. The van der Waals surface area contributed by atoms with Crippen molar-refractivity contribution in [3.8, 4) is 11.5 Å². The van der Waals surface area contributed by atoms with Crippen LogP contribution in [0.4, 0.5) is 0 Å². The smallest absolute Gasteiger partial charge is 0.312 e. The molecule has 2 aliphatic heterocycles. The first-order valence-electron chi connectivity index (χ1n) is 11.7. The van der Waals surface area contributed by atoms with Crippen LogP contribution >= 0.6 is 0 Å². The minimum Gasteiger partial charge on any atom is -0.443 e. The number of hydrogen-bond acceptors (Lipinski definition) is 2. The molecule has 1 spiro atoms. The Morgan fingerprint density at radius 2 is 0.935 bits per heavy atom. The number of benzene rings is 2. The van der Waals surface area contributed by atoms with E-state index in [1.54, 1.807) is 0 Å². The standard InChI is InChI=1S/C29H40O2/c1-25(2,3)17-27(7,8)19-11-13-23-21(15-19)29(30-23)22-16-20(12-14-24(22)31-29)28(9,10)18-26(4,5)6/h11-16H,17-18H2,1-10H3. The van der Waals surface area contributed by atoms with E-state index >= 15 is 0 Å². The Morgan fingerprint density at radius 3 is 1.26 bits per heavy atom. The number of hydrogen-bond donors (Lipinski definition) is 0. The van der Waals surface area contributed by atoms with Crippen LogP contribution in [0.5, 0.6) is 11.5 Å². The van der Waals surface area contributed by atoms with Crippen molar-refractivity contribution in [3.63, 3.8) is 0 Å². The Bertz CT molecular complexity index is 929. The Kier molecular flexibility index (Phi) is 4.68. The molecule has 2 heterocycles. The fraction of sp³-hybridized carbons (Fsp3) is 0.586. The van der Waals surface area contributed by atoms with E-state index in [1.165, 1.54) is 22.3 Å². The van der Waals surface area contributed by atoms with Crippen molar-refractivity contribution in [2.45, 2.75) is 98.7 Å². The molecule has 0 atom stereocenters. The van der Waals surface area contributed by atoms with E-state index in [0.29, 0.717) is 0 Å². The summed E-state index contributed by atoms with van der Waals surface area (Å²) >= 11 is 0. The summed E-state index contributed by atoms with van der Waals surface area (Å²) in [6.07, 6.45) is 2.24. The monoisotopic (exact) mass is 420 g/mol. The summed E-state index contributed by atoms with van der Waals surface area (Å²) in [6.45, 7) is 23.2. The van der Waals surface area contributed by atoms with E-state index < -0.39 is 5.79 Å². The first kappa shape index (κ1) is 22.2. The summed E-state index contributed by atoms with van der Waals surface area (Å²) in [5.74, 6) is 1.17. The largest absolute Gasteiger partial charge is 0.443 e. The highest BCUT2D eigenvalue weighted by Crippen LogP contribution is 2.59. The summed E-state index contributed by atoms with van der Waals surface area (Å²) in [5, 5.41) is 0. The van der Waals surface area contributed by atoms with Crippen molar-refractivity contribution in [3.05, 3.63) is 58.7 Å². The molecule has 0 amide bonds. The van der Waals surface area contributed by atoms with Gasteiger partial charge in [0.25, 0.3) is 0 Å². The van der Waals surface area contributed by atoms with Gasteiger partial charge in [-0.15, -0.1) is 0 Å². The molecular weight excluding hydrogens is 380 g/mol. The van der Waals surface area contributed by atoms with Crippen molar-refractivity contribution < 1.29 is 9.47 Å². The first-order chi connectivity index (χ1) is 14.0. The quantitative estimate of drug-likeness (QED) is 0.497. The Labute approximate surface area is 189 Å². The average Bonchev–Trinajstić information content (AvgIpc) is 2.51. The lowest BCUT2D eigenvalue weighted by Crippen LogP contribution is -2.54. The maximum absolute atomic E-state index is 6.25. The van der Waals surface area contributed by atoms with Crippen LogP contribution in [0.3, 0.4) is 0 Å².